The van der Waals surface area contributed by atoms with Gasteiger partial charge in [0.1, 0.15) is 0 Å². The molecule has 1 atom stereocenters. The number of hydrogen-bond acceptors (Lipinski definition) is 2. The highest BCUT2D eigenvalue weighted by Crippen LogP contribution is 2.34. The number of carbonyl (C=O) groups is 2. The summed E-state index contributed by atoms with van der Waals surface area (Å²) in [5, 5.41) is 0. The molecule has 2 aromatic rings. The molecule has 0 aromatic heterocycles. The molecule has 0 N–H and O–H groups in total. The molecule has 0 saturated heterocycles. The standard InChI is InChI=1S/C19H20N2O2/c1-14-7-9-16(10-8-14)12-21-18-6-4-3-5-17(18)20(13-22)11-15(2)19(21)23/h3-10,13,15H,11-12H2,1-2H3. The molecule has 2 aromatic carbocycles. The SMILES string of the molecule is Cc1ccc(CN2C(=O)C(C)CN(C=O)c3ccccc32)cc1. The second-order valence-corrected chi connectivity index (χ2v) is 6.06. The smallest absolute Gasteiger partial charge is 0.231 e. The second kappa shape index (κ2) is 6.24. The van der Waals surface area contributed by atoms with Gasteiger partial charge in [0.15, 0.2) is 0 Å². The highest BCUT2D eigenvalue weighted by Gasteiger charge is 2.30. The average molecular weight is 308 g/mol. The van der Waals surface area contributed by atoms with Crippen LogP contribution in [0.15, 0.2) is 48.5 Å². The van der Waals surface area contributed by atoms with Crippen LogP contribution in [0.25, 0.3) is 0 Å². The number of para-hydroxylation sites is 2. The number of benzene rings is 2. The van der Waals surface area contributed by atoms with Crippen molar-refractivity contribution in [3.05, 3.63) is 59.7 Å². The minimum absolute atomic E-state index is 0.0439. The number of aryl methyl sites for hydroxylation is 1. The first-order valence-corrected chi connectivity index (χ1v) is 7.78. The first-order chi connectivity index (χ1) is 11.1. The van der Waals surface area contributed by atoms with Gasteiger partial charge < -0.3 is 9.80 Å². The molecule has 3 rings (SSSR count). The van der Waals surface area contributed by atoms with Gasteiger partial charge in [0.05, 0.1) is 23.8 Å². The fourth-order valence-corrected chi connectivity index (χ4v) is 2.93. The zero-order chi connectivity index (χ0) is 16.4. The lowest BCUT2D eigenvalue weighted by molar-refractivity contribution is -0.121. The molecule has 118 valence electrons. The van der Waals surface area contributed by atoms with Gasteiger partial charge in [-0.05, 0) is 24.6 Å². The first-order valence-electron chi connectivity index (χ1n) is 7.78. The Morgan fingerprint density at radius 2 is 1.74 bits per heavy atom. The van der Waals surface area contributed by atoms with E-state index in [-0.39, 0.29) is 11.8 Å². The van der Waals surface area contributed by atoms with E-state index in [2.05, 4.69) is 0 Å². The van der Waals surface area contributed by atoms with Gasteiger partial charge in [0.25, 0.3) is 0 Å². The largest absolute Gasteiger partial charge is 0.312 e. The molecule has 0 spiro atoms. The quantitative estimate of drug-likeness (QED) is 0.817. The van der Waals surface area contributed by atoms with E-state index in [4.69, 9.17) is 0 Å². The minimum atomic E-state index is -0.238. The van der Waals surface area contributed by atoms with E-state index < -0.39 is 0 Å². The van der Waals surface area contributed by atoms with Gasteiger partial charge in [-0.1, -0.05) is 48.9 Å². The molecule has 23 heavy (non-hydrogen) atoms. The molecule has 0 bridgehead atoms. The summed E-state index contributed by atoms with van der Waals surface area (Å²) in [6, 6.07) is 15.7. The molecular weight excluding hydrogens is 288 g/mol. The fraction of sp³-hybridized carbons (Fsp3) is 0.263. The molecule has 0 fully saturated rings. The third-order valence-corrected chi connectivity index (χ3v) is 4.23. The zero-order valence-corrected chi connectivity index (χ0v) is 13.4. The van der Waals surface area contributed by atoms with Gasteiger partial charge in [-0.15, -0.1) is 0 Å². The lowest BCUT2D eigenvalue weighted by atomic mass is 10.1. The van der Waals surface area contributed by atoms with Crippen LogP contribution in [0.1, 0.15) is 18.1 Å². The van der Waals surface area contributed by atoms with Crippen LogP contribution in [0.3, 0.4) is 0 Å². The van der Waals surface area contributed by atoms with E-state index >= 15 is 0 Å². The molecule has 4 heteroatoms. The Morgan fingerprint density at radius 3 is 2.39 bits per heavy atom. The van der Waals surface area contributed by atoms with Crippen molar-refractivity contribution in [2.24, 2.45) is 5.92 Å². The number of anilines is 2. The first kappa shape index (κ1) is 15.3. The van der Waals surface area contributed by atoms with Gasteiger partial charge in [0.2, 0.25) is 12.3 Å². The topological polar surface area (TPSA) is 40.6 Å². The minimum Gasteiger partial charge on any atom is -0.312 e. The van der Waals surface area contributed by atoms with Gasteiger partial charge in [-0.25, -0.2) is 0 Å². The summed E-state index contributed by atoms with van der Waals surface area (Å²) in [5.41, 5.74) is 3.84. The molecule has 2 amide bonds. The Balaban J connectivity index is 2.03. The molecule has 0 radical (unpaired) electrons. The maximum Gasteiger partial charge on any atom is 0.231 e. The summed E-state index contributed by atoms with van der Waals surface area (Å²) in [7, 11) is 0. The molecule has 1 heterocycles. The highest BCUT2D eigenvalue weighted by molar-refractivity contribution is 6.02. The predicted molar refractivity (Wildman–Crippen MR) is 91.4 cm³/mol. The normalized spacial score (nSPS) is 17.7. The summed E-state index contributed by atoms with van der Waals surface area (Å²) in [5.74, 6) is -0.194. The van der Waals surface area contributed by atoms with Crippen molar-refractivity contribution in [1.82, 2.24) is 0 Å². The molecular formula is C19H20N2O2. The van der Waals surface area contributed by atoms with Gasteiger partial charge in [-0.2, -0.15) is 0 Å². The summed E-state index contributed by atoms with van der Waals surface area (Å²) in [6.45, 7) is 4.82. The monoisotopic (exact) mass is 308 g/mol. The molecule has 1 unspecified atom stereocenters. The van der Waals surface area contributed by atoms with Gasteiger partial charge >= 0.3 is 0 Å². The highest BCUT2D eigenvalue weighted by atomic mass is 16.2. The fourth-order valence-electron chi connectivity index (χ4n) is 2.93. The number of nitrogens with zero attached hydrogens (tertiary/aromatic N) is 2. The van der Waals surface area contributed by atoms with Gasteiger partial charge in [0, 0.05) is 6.54 Å². The molecule has 1 aliphatic heterocycles. The predicted octanol–water partition coefficient (Wildman–Crippen LogP) is 3.14. The van der Waals surface area contributed by atoms with Crippen LogP contribution < -0.4 is 9.80 Å². The van der Waals surface area contributed by atoms with E-state index in [0.29, 0.717) is 13.1 Å². The molecule has 4 nitrogen and oxygen atoms in total. The third-order valence-electron chi connectivity index (χ3n) is 4.23. The Labute approximate surface area is 136 Å². The van der Waals surface area contributed by atoms with E-state index in [1.807, 2.05) is 62.4 Å². The van der Waals surface area contributed by atoms with Crippen molar-refractivity contribution in [2.45, 2.75) is 20.4 Å². The lowest BCUT2D eigenvalue weighted by Gasteiger charge is -2.24. The Morgan fingerprint density at radius 1 is 1.09 bits per heavy atom. The Kier molecular flexibility index (Phi) is 4.15. The molecule has 1 aliphatic rings. The summed E-state index contributed by atoms with van der Waals surface area (Å²) < 4.78 is 0. The second-order valence-electron chi connectivity index (χ2n) is 6.06. The van der Waals surface area contributed by atoms with E-state index in [1.54, 1.807) is 9.80 Å². The van der Waals surface area contributed by atoms with E-state index in [9.17, 15) is 9.59 Å². The molecule has 0 saturated carbocycles. The van der Waals surface area contributed by atoms with Crippen molar-refractivity contribution in [3.63, 3.8) is 0 Å². The van der Waals surface area contributed by atoms with Crippen molar-refractivity contribution >= 4 is 23.7 Å². The van der Waals surface area contributed by atoms with E-state index in [1.165, 1.54) is 5.56 Å². The number of amides is 2. The number of fused-ring (bicyclic) bond motifs is 1. The van der Waals surface area contributed by atoms with Crippen LogP contribution in [0.4, 0.5) is 11.4 Å². The Bertz CT molecular complexity index is 724. The molecule has 0 aliphatic carbocycles. The van der Waals surface area contributed by atoms with Gasteiger partial charge in [-0.3, -0.25) is 9.59 Å². The number of carbonyl (C=O) groups excluding carboxylic acids is 2. The van der Waals surface area contributed by atoms with Crippen LogP contribution >= 0.6 is 0 Å². The van der Waals surface area contributed by atoms with E-state index in [0.717, 1.165) is 23.3 Å². The average Bonchev–Trinajstić information content (AvgIpc) is 2.67. The van der Waals surface area contributed by atoms with Crippen LogP contribution in [0, 0.1) is 12.8 Å². The summed E-state index contributed by atoms with van der Waals surface area (Å²) in [6.07, 6.45) is 0.804. The van der Waals surface area contributed by atoms with Crippen LogP contribution in [0.5, 0.6) is 0 Å². The van der Waals surface area contributed by atoms with Crippen LogP contribution in [0.2, 0.25) is 0 Å². The van der Waals surface area contributed by atoms with Crippen LogP contribution in [-0.2, 0) is 16.1 Å². The lowest BCUT2D eigenvalue weighted by Crippen LogP contribution is -2.36. The number of hydrogen-bond donors (Lipinski definition) is 0. The maximum absolute atomic E-state index is 12.8. The summed E-state index contributed by atoms with van der Waals surface area (Å²) in [4.78, 5) is 27.7. The summed E-state index contributed by atoms with van der Waals surface area (Å²) >= 11 is 0. The number of rotatable bonds is 3. The zero-order valence-electron chi connectivity index (χ0n) is 13.4. The van der Waals surface area contributed by atoms with Crippen molar-refractivity contribution in [2.75, 3.05) is 16.3 Å². The van der Waals surface area contributed by atoms with Crippen LogP contribution in [-0.4, -0.2) is 18.9 Å². The van der Waals surface area contributed by atoms with Crippen molar-refractivity contribution in [1.29, 1.82) is 0 Å². The van der Waals surface area contributed by atoms with Crippen molar-refractivity contribution in [3.8, 4) is 0 Å². The maximum atomic E-state index is 12.8. The Hall–Kier alpha value is -2.62. The third kappa shape index (κ3) is 2.97. The van der Waals surface area contributed by atoms with Crippen molar-refractivity contribution < 1.29 is 9.59 Å².